The van der Waals surface area contributed by atoms with Crippen LogP contribution in [0.25, 0.3) is 33.6 Å². The molecule has 2 aromatic heterocycles. The predicted molar refractivity (Wildman–Crippen MR) is 298 cm³/mol. The Bertz CT molecular complexity index is 3300. The summed E-state index contributed by atoms with van der Waals surface area (Å²) in [7, 11) is 2.48. The van der Waals surface area contributed by atoms with Crippen molar-refractivity contribution in [2.75, 3.05) is 40.9 Å². The molecule has 0 radical (unpaired) electrons. The molecule has 4 N–H and O–H groups in total. The summed E-state index contributed by atoms with van der Waals surface area (Å²) in [4.78, 5) is 104. The summed E-state index contributed by atoms with van der Waals surface area (Å²) in [6.07, 6.45) is 0.0881. The quantitative estimate of drug-likeness (QED) is 0.0799. The molecule has 438 valence electrons. The maximum absolute atomic E-state index is 14.4. The van der Waals surface area contributed by atoms with Crippen molar-refractivity contribution in [3.05, 3.63) is 119 Å². The fourth-order valence-corrected chi connectivity index (χ4v) is 11.9. The van der Waals surface area contributed by atoms with Gasteiger partial charge in [-0.05, 0) is 51.8 Å². The summed E-state index contributed by atoms with van der Waals surface area (Å²) in [6, 6.07) is 20.3. The number of amides is 6. The molecular weight excluding hydrogens is 1080 g/mol. The lowest BCUT2D eigenvalue weighted by Crippen LogP contribution is -2.51. The molecule has 12 rings (SSSR count). The molecule has 0 spiro atoms. The van der Waals surface area contributed by atoms with Gasteiger partial charge >= 0.3 is 24.4 Å². The van der Waals surface area contributed by atoms with Crippen LogP contribution < -0.4 is 29.6 Å². The number of hydrogen-bond acceptors (Lipinski definition) is 16. The van der Waals surface area contributed by atoms with E-state index in [9.17, 15) is 28.8 Å². The van der Waals surface area contributed by atoms with E-state index in [1.807, 2.05) is 100 Å². The Balaban J connectivity index is 0.724. The Hall–Kier alpha value is -9.48. The summed E-state index contributed by atoms with van der Waals surface area (Å²) in [5.74, 6) is 2.20. The van der Waals surface area contributed by atoms with Gasteiger partial charge in [-0.2, -0.15) is 0 Å². The molecular formula is C60H64N10O14. The van der Waals surface area contributed by atoms with Crippen molar-refractivity contribution in [2.24, 2.45) is 11.8 Å². The Kier molecular flexibility index (Phi) is 14.9. The second-order valence-corrected chi connectivity index (χ2v) is 22.3. The van der Waals surface area contributed by atoms with Crippen molar-refractivity contribution in [3.8, 4) is 56.6 Å². The molecule has 84 heavy (non-hydrogen) atoms. The lowest BCUT2D eigenvalue weighted by atomic mass is 10.0. The molecule has 6 atom stereocenters. The molecule has 6 aromatic rings. The largest absolute Gasteiger partial charge is 0.454 e. The van der Waals surface area contributed by atoms with E-state index in [0.717, 1.165) is 44.5 Å². The van der Waals surface area contributed by atoms with E-state index >= 15 is 0 Å². The fraction of sp³-hybridized carbons (Fsp3) is 0.400. The van der Waals surface area contributed by atoms with Crippen LogP contribution in [0.4, 0.5) is 19.2 Å². The minimum atomic E-state index is -0.927. The van der Waals surface area contributed by atoms with E-state index in [0.29, 0.717) is 59.1 Å². The number of aromatic nitrogens is 4. The number of nitrogens with zero attached hydrogens (tertiary/aromatic N) is 6. The van der Waals surface area contributed by atoms with Gasteiger partial charge in [0, 0.05) is 48.8 Å². The average Bonchev–Trinajstić information content (AvgIpc) is 4.48. The van der Waals surface area contributed by atoms with E-state index in [-0.39, 0.29) is 76.3 Å². The summed E-state index contributed by atoms with van der Waals surface area (Å²) < 4.78 is 44.5. The zero-order chi connectivity index (χ0) is 58.5. The number of H-pyrrole nitrogens is 2. The first kappa shape index (κ1) is 55.1. The molecule has 24 nitrogen and oxygen atoms in total. The van der Waals surface area contributed by atoms with E-state index in [1.54, 1.807) is 32.0 Å². The molecule has 24 heteroatoms. The van der Waals surface area contributed by atoms with Crippen LogP contribution in [0.5, 0.6) is 23.0 Å². The van der Waals surface area contributed by atoms with Gasteiger partial charge in [-0.25, -0.2) is 29.1 Å². The third kappa shape index (κ3) is 10.7. The number of alkyl carbamates (subject to hydrolysis) is 2. The van der Waals surface area contributed by atoms with E-state index < -0.39 is 60.7 Å². The molecule has 8 heterocycles. The molecule has 0 aliphatic carbocycles. The van der Waals surface area contributed by atoms with Crippen LogP contribution in [0.1, 0.15) is 86.5 Å². The Morgan fingerprint density at radius 1 is 0.583 bits per heavy atom. The molecule has 4 aromatic carbocycles. The molecule has 6 amide bonds. The highest BCUT2D eigenvalue weighted by molar-refractivity contribution is 5.88. The number of carbonyl (C=O) groups is 6. The highest BCUT2D eigenvalue weighted by atomic mass is 16.7. The van der Waals surface area contributed by atoms with Gasteiger partial charge in [-0.15, -0.1) is 0 Å². The maximum atomic E-state index is 14.4. The van der Waals surface area contributed by atoms with Crippen LogP contribution in [0.3, 0.4) is 0 Å². The third-order valence-electron chi connectivity index (χ3n) is 16.4. The SMILES string of the molecule is COC(=O)N[C@H](C(=O)N1C[C@H](OC(=O)N2Cc3ccc4c(c3C2)OCO4)CC1c1ncc(-c2ccc(-c3ccc(-c4c[nH]c([C@@H]5C[C@@H](OC(=O)N6Cc7ccc8c(c7C6)OCO8)CN5C(=O)[C@@H](NC(=O)OC)C(C)C)n4)cc3)cc2)[nH]1)C(C)C. The molecule has 2 fully saturated rings. The third-order valence-corrected chi connectivity index (χ3v) is 16.4. The number of nitrogens with one attached hydrogen (secondary N) is 4. The van der Waals surface area contributed by atoms with Crippen LogP contribution in [-0.4, -0.2) is 141 Å². The standard InChI is InChI=1S/C60H64N10O14/c1-31(2)49(65-57(73)77-5)55(71)69-25-39(83-59(75)67-23-37-15-17-47-51(41(37)27-67)81-29-79-47)19-45(69)53-61-21-43(63-53)35-11-7-33(8-12-35)34-9-13-36(14-10-34)44-22-62-54(64-44)46-20-40(26-70(46)56(72)50(32(3)4)66-58(74)78-6)84-60(76)68-24-38-16-18-48-52(42(38)28-68)82-30-80-48/h7-18,21-22,31-32,39-40,45-46,49-50H,19-20,23-30H2,1-6H3,(H,61,63)(H,62,64)(H,65,73)(H,66,74)/t39-,40-,45+,46?,49+,50+/m1/s1. The maximum Gasteiger partial charge on any atom is 0.410 e. The predicted octanol–water partition coefficient (Wildman–Crippen LogP) is 7.94. The number of likely N-dealkylation sites (tertiary alicyclic amines) is 2. The fourth-order valence-electron chi connectivity index (χ4n) is 11.9. The Labute approximate surface area is 483 Å². The summed E-state index contributed by atoms with van der Waals surface area (Å²) in [5, 5.41) is 5.37. The van der Waals surface area contributed by atoms with Crippen molar-refractivity contribution < 1.29 is 66.7 Å². The van der Waals surface area contributed by atoms with E-state index in [2.05, 4.69) is 20.6 Å². The zero-order valence-corrected chi connectivity index (χ0v) is 47.2. The summed E-state index contributed by atoms with van der Waals surface area (Å²) >= 11 is 0. The van der Waals surface area contributed by atoms with Crippen LogP contribution in [0.2, 0.25) is 0 Å². The van der Waals surface area contributed by atoms with Gasteiger partial charge in [-0.1, -0.05) is 88.4 Å². The van der Waals surface area contributed by atoms with Crippen LogP contribution in [0.15, 0.2) is 85.2 Å². The molecule has 6 aliphatic heterocycles. The number of carbonyl (C=O) groups excluding carboxylic acids is 6. The second-order valence-electron chi connectivity index (χ2n) is 22.3. The van der Waals surface area contributed by atoms with Crippen molar-refractivity contribution in [2.45, 2.75) is 103 Å². The molecule has 1 unspecified atom stereocenters. The van der Waals surface area contributed by atoms with Crippen molar-refractivity contribution in [1.29, 1.82) is 0 Å². The monoisotopic (exact) mass is 1150 g/mol. The average molecular weight is 1150 g/mol. The molecule has 0 saturated carbocycles. The van der Waals surface area contributed by atoms with Gasteiger partial charge in [0.2, 0.25) is 25.4 Å². The number of imidazole rings is 2. The first-order chi connectivity index (χ1) is 40.6. The smallest absolute Gasteiger partial charge is 0.410 e. The van der Waals surface area contributed by atoms with Gasteiger partial charge in [0.05, 0.1) is 70.1 Å². The number of aromatic amines is 2. The topological polar surface area (TPSA) is 271 Å². The van der Waals surface area contributed by atoms with E-state index in [4.69, 9.17) is 47.9 Å². The molecule has 2 saturated heterocycles. The molecule has 0 bridgehead atoms. The Morgan fingerprint density at radius 3 is 1.52 bits per heavy atom. The number of benzene rings is 4. The number of methoxy groups -OCH3 is 2. The summed E-state index contributed by atoms with van der Waals surface area (Å²) in [6.45, 7) is 8.94. The highest BCUT2D eigenvalue weighted by Gasteiger charge is 2.46. The van der Waals surface area contributed by atoms with Gasteiger partial charge in [0.15, 0.2) is 23.0 Å². The second kappa shape index (κ2) is 22.7. The minimum Gasteiger partial charge on any atom is -0.454 e. The highest BCUT2D eigenvalue weighted by Crippen LogP contribution is 2.44. The van der Waals surface area contributed by atoms with Crippen molar-refractivity contribution >= 4 is 36.2 Å². The number of ether oxygens (including phenoxy) is 8. The Morgan fingerprint density at radius 2 is 1.05 bits per heavy atom. The normalized spacial score (nSPS) is 19.8. The van der Waals surface area contributed by atoms with Crippen molar-refractivity contribution in [3.63, 3.8) is 0 Å². The van der Waals surface area contributed by atoms with Crippen LogP contribution in [0, 0.1) is 11.8 Å². The first-order valence-electron chi connectivity index (χ1n) is 27.9. The van der Waals surface area contributed by atoms with Gasteiger partial charge in [0.25, 0.3) is 0 Å². The van der Waals surface area contributed by atoms with Crippen LogP contribution in [-0.2, 0) is 54.7 Å². The van der Waals surface area contributed by atoms with Gasteiger partial charge in [-0.3, -0.25) is 19.4 Å². The van der Waals surface area contributed by atoms with Crippen LogP contribution >= 0.6 is 0 Å². The first-order valence-corrected chi connectivity index (χ1v) is 27.9. The van der Waals surface area contributed by atoms with E-state index in [1.165, 1.54) is 14.2 Å². The minimum absolute atomic E-state index is 0.0696. The lowest BCUT2D eigenvalue weighted by Gasteiger charge is -2.29. The van der Waals surface area contributed by atoms with Crippen molar-refractivity contribution in [1.82, 2.24) is 50.2 Å². The van der Waals surface area contributed by atoms with Gasteiger partial charge in [0.1, 0.15) is 35.9 Å². The summed E-state index contributed by atoms with van der Waals surface area (Å²) in [5.41, 5.74) is 8.52. The molecule has 6 aliphatic rings. The zero-order valence-electron chi connectivity index (χ0n) is 47.2. The number of fused-ring (bicyclic) bond motifs is 6. The lowest BCUT2D eigenvalue weighted by molar-refractivity contribution is -0.136. The number of rotatable bonds is 13. The number of hydrogen-bond donors (Lipinski definition) is 4. The van der Waals surface area contributed by atoms with Gasteiger partial charge < -0.3 is 68.3 Å².